The molecule has 0 saturated heterocycles. The number of nitrogens with two attached hydrogens (primary N) is 1. The number of hydrogen-bond donors (Lipinski definition) is 1. The minimum atomic E-state index is -3.26. The molecule has 2 N–H and O–H groups in total. The summed E-state index contributed by atoms with van der Waals surface area (Å²) in [6.45, 7) is 1.86. The van der Waals surface area contributed by atoms with Gasteiger partial charge in [0.25, 0.3) is 0 Å². The highest BCUT2D eigenvalue weighted by atomic mass is 79.9. The Labute approximate surface area is 137 Å². The minimum Gasteiger partial charge on any atom is -0.483 e. The standard InChI is InChI=1S/C14H16BrNO3S2/c1-9(16)14(13-6-10(15)8-20-13)19-11-4-3-5-12(7-11)21(2,17)18/h3-9,14H,16H2,1-2H3. The van der Waals surface area contributed by atoms with E-state index in [0.717, 1.165) is 9.35 Å². The van der Waals surface area contributed by atoms with Gasteiger partial charge in [0.2, 0.25) is 0 Å². The van der Waals surface area contributed by atoms with Crippen molar-refractivity contribution in [1.82, 2.24) is 0 Å². The van der Waals surface area contributed by atoms with Crippen molar-refractivity contribution in [3.63, 3.8) is 0 Å². The van der Waals surface area contributed by atoms with Gasteiger partial charge in [0.1, 0.15) is 11.9 Å². The number of ether oxygens (including phenoxy) is 1. The number of thiophene rings is 1. The molecule has 2 rings (SSSR count). The molecule has 1 heterocycles. The highest BCUT2D eigenvalue weighted by molar-refractivity contribution is 9.10. The Bertz CT molecular complexity index is 725. The van der Waals surface area contributed by atoms with Crippen molar-refractivity contribution in [2.24, 2.45) is 5.73 Å². The van der Waals surface area contributed by atoms with Crippen LogP contribution in [0.15, 0.2) is 45.1 Å². The maximum atomic E-state index is 11.6. The Morgan fingerprint density at radius 3 is 2.57 bits per heavy atom. The van der Waals surface area contributed by atoms with Gasteiger partial charge in [-0.15, -0.1) is 11.3 Å². The monoisotopic (exact) mass is 389 g/mol. The summed E-state index contributed by atoms with van der Waals surface area (Å²) in [4.78, 5) is 1.22. The molecule has 0 spiro atoms. The molecular formula is C14H16BrNO3S2. The molecule has 0 fully saturated rings. The number of halogens is 1. The molecule has 2 aromatic rings. The summed E-state index contributed by atoms with van der Waals surface area (Å²) in [6, 6.07) is 8.19. The lowest BCUT2D eigenvalue weighted by Gasteiger charge is -2.21. The molecule has 7 heteroatoms. The Morgan fingerprint density at radius 1 is 1.33 bits per heavy atom. The van der Waals surface area contributed by atoms with E-state index in [4.69, 9.17) is 10.5 Å². The molecule has 0 aliphatic rings. The normalized spacial score (nSPS) is 14.7. The van der Waals surface area contributed by atoms with Crippen LogP contribution in [0, 0.1) is 0 Å². The quantitative estimate of drug-likeness (QED) is 0.850. The van der Waals surface area contributed by atoms with Gasteiger partial charge in [0, 0.05) is 27.0 Å². The average molecular weight is 390 g/mol. The Balaban J connectivity index is 2.30. The lowest BCUT2D eigenvalue weighted by molar-refractivity contribution is 0.183. The van der Waals surface area contributed by atoms with Crippen LogP contribution in [0.3, 0.4) is 0 Å². The first-order valence-electron chi connectivity index (χ1n) is 6.23. The first-order valence-corrected chi connectivity index (χ1v) is 9.80. The largest absolute Gasteiger partial charge is 0.483 e. The van der Waals surface area contributed by atoms with Crippen LogP contribution in [0.5, 0.6) is 5.75 Å². The van der Waals surface area contributed by atoms with E-state index in [2.05, 4.69) is 15.9 Å². The predicted molar refractivity (Wildman–Crippen MR) is 88.6 cm³/mol. The molecule has 0 amide bonds. The van der Waals surface area contributed by atoms with Gasteiger partial charge in [-0.2, -0.15) is 0 Å². The van der Waals surface area contributed by atoms with Crippen molar-refractivity contribution in [3.8, 4) is 5.75 Å². The van der Waals surface area contributed by atoms with Crippen LogP contribution in [0.4, 0.5) is 0 Å². The van der Waals surface area contributed by atoms with Crippen LogP contribution >= 0.6 is 27.3 Å². The van der Waals surface area contributed by atoms with Crippen LogP contribution in [-0.4, -0.2) is 20.7 Å². The van der Waals surface area contributed by atoms with Crippen LogP contribution in [-0.2, 0) is 9.84 Å². The van der Waals surface area contributed by atoms with Gasteiger partial charge in [-0.1, -0.05) is 6.07 Å². The first kappa shape index (κ1) is 16.5. The van der Waals surface area contributed by atoms with Crippen molar-refractivity contribution < 1.29 is 13.2 Å². The number of hydrogen-bond acceptors (Lipinski definition) is 5. The predicted octanol–water partition coefficient (Wildman–Crippen LogP) is 3.38. The molecule has 0 bridgehead atoms. The van der Waals surface area contributed by atoms with Crippen LogP contribution in [0.25, 0.3) is 0 Å². The average Bonchev–Trinajstić information content (AvgIpc) is 2.81. The Kier molecular flexibility index (Phi) is 5.08. The molecule has 0 saturated carbocycles. The van der Waals surface area contributed by atoms with Gasteiger partial charge in [-0.25, -0.2) is 8.42 Å². The zero-order valence-electron chi connectivity index (χ0n) is 11.6. The summed E-state index contributed by atoms with van der Waals surface area (Å²) in [5, 5.41) is 1.96. The molecule has 2 atom stereocenters. The second kappa shape index (κ2) is 6.48. The molecule has 1 aromatic heterocycles. The van der Waals surface area contributed by atoms with E-state index < -0.39 is 9.84 Å². The lowest BCUT2D eigenvalue weighted by Crippen LogP contribution is -2.28. The molecule has 21 heavy (non-hydrogen) atoms. The third kappa shape index (κ3) is 4.29. The van der Waals surface area contributed by atoms with Gasteiger partial charge >= 0.3 is 0 Å². The fourth-order valence-electron chi connectivity index (χ4n) is 1.83. The van der Waals surface area contributed by atoms with Crippen molar-refractivity contribution in [1.29, 1.82) is 0 Å². The molecule has 0 radical (unpaired) electrons. The zero-order chi connectivity index (χ0) is 15.6. The van der Waals surface area contributed by atoms with Crippen LogP contribution in [0.1, 0.15) is 17.9 Å². The Morgan fingerprint density at radius 2 is 2.05 bits per heavy atom. The van der Waals surface area contributed by atoms with E-state index in [1.54, 1.807) is 29.5 Å². The summed E-state index contributed by atoms with van der Waals surface area (Å²) in [7, 11) is -3.26. The molecule has 2 unspecified atom stereocenters. The molecule has 1 aromatic carbocycles. The zero-order valence-corrected chi connectivity index (χ0v) is 14.8. The van der Waals surface area contributed by atoms with Gasteiger partial charge < -0.3 is 10.5 Å². The van der Waals surface area contributed by atoms with E-state index in [1.807, 2.05) is 18.4 Å². The summed E-state index contributed by atoms with van der Waals surface area (Å²) in [5.41, 5.74) is 6.00. The lowest BCUT2D eigenvalue weighted by atomic mass is 10.1. The Hall–Kier alpha value is -0.890. The van der Waals surface area contributed by atoms with Crippen molar-refractivity contribution in [3.05, 3.63) is 45.1 Å². The van der Waals surface area contributed by atoms with Crippen molar-refractivity contribution in [2.75, 3.05) is 6.26 Å². The van der Waals surface area contributed by atoms with Gasteiger partial charge in [-0.3, -0.25) is 0 Å². The fraction of sp³-hybridized carbons (Fsp3) is 0.286. The molecular weight excluding hydrogens is 374 g/mol. The number of benzene rings is 1. The first-order chi connectivity index (χ1) is 9.77. The van der Waals surface area contributed by atoms with Crippen molar-refractivity contribution >= 4 is 37.1 Å². The number of rotatable bonds is 5. The maximum Gasteiger partial charge on any atom is 0.175 e. The second-order valence-electron chi connectivity index (χ2n) is 4.81. The SMILES string of the molecule is CC(N)C(Oc1cccc(S(C)(=O)=O)c1)c1cc(Br)cs1. The summed E-state index contributed by atoms with van der Waals surface area (Å²) < 4.78 is 30.1. The van der Waals surface area contributed by atoms with Crippen LogP contribution in [0.2, 0.25) is 0 Å². The summed E-state index contributed by atoms with van der Waals surface area (Å²) >= 11 is 4.95. The molecule has 114 valence electrons. The van der Waals surface area contributed by atoms with E-state index in [-0.39, 0.29) is 17.0 Å². The maximum absolute atomic E-state index is 11.6. The van der Waals surface area contributed by atoms with Gasteiger partial charge in [0.05, 0.1) is 4.90 Å². The fourth-order valence-corrected chi connectivity index (χ4v) is 4.07. The summed E-state index contributed by atoms with van der Waals surface area (Å²) in [6.07, 6.45) is 0.849. The molecule has 0 aliphatic heterocycles. The minimum absolute atomic E-state index is 0.225. The third-order valence-electron chi connectivity index (χ3n) is 2.84. The second-order valence-corrected chi connectivity index (χ2v) is 8.69. The topological polar surface area (TPSA) is 69.4 Å². The molecule has 0 aliphatic carbocycles. The van der Waals surface area contributed by atoms with Crippen LogP contribution < -0.4 is 10.5 Å². The van der Waals surface area contributed by atoms with Gasteiger partial charge in [-0.05, 0) is 47.1 Å². The molecule has 4 nitrogen and oxygen atoms in total. The number of sulfone groups is 1. The highest BCUT2D eigenvalue weighted by Gasteiger charge is 2.21. The van der Waals surface area contributed by atoms with Gasteiger partial charge in [0.15, 0.2) is 9.84 Å². The third-order valence-corrected chi connectivity index (χ3v) is 5.71. The summed E-state index contributed by atoms with van der Waals surface area (Å²) in [5.74, 6) is 0.491. The van der Waals surface area contributed by atoms with E-state index >= 15 is 0 Å². The van der Waals surface area contributed by atoms with Crippen molar-refractivity contribution in [2.45, 2.75) is 24.0 Å². The van der Waals surface area contributed by atoms with E-state index in [1.165, 1.54) is 12.3 Å². The van der Waals surface area contributed by atoms with E-state index in [0.29, 0.717) is 5.75 Å². The smallest absolute Gasteiger partial charge is 0.175 e. The van der Waals surface area contributed by atoms with E-state index in [9.17, 15) is 8.42 Å². The highest BCUT2D eigenvalue weighted by Crippen LogP contribution is 2.31.